The lowest BCUT2D eigenvalue weighted by Crippen LogP contribution is -2.40. The average Bonchev–Trinajstić information content (AvgIpc) is 2.38. The van der Waals surface area contributed by atoms with Gasteiger partial charge in [0.05, 0.1) is 5.56 Å². The van der Waals surface area contributed by atoms with Gasteiger partial charge >= 0.3 is 5.97 Å². The van der Waals surface area contributed by atoms with Crippen LogP contribution in [-0.4, -0.2) is 29.6 Å². The van der Waals surface area contributed by atoms with E-state index in [1.54, 1.807) is 24.3 Å². The van der Waals surface area contributed by atoms with E-state index in [1.165, 1.54) is 0 Å². The van der Waals surface area contributed by atoms with Crippen molar-refractivity contribution in [2.24, 2.45) is 11.1 Å². The molecule has 0 aliphatic heterocycles. The minimum absolute atomic E-state index is 0.0559. The molecule has 0 heterocycles. The molecule has 1 aromatic carbocycles. The van der Waals surface area contributed by atoms with Gasteiger partial charge in [-0.05, 0) is 29.5 Å². The zero-order chi connectivity index (χ0) is 16.0. The summed E-state index contributed by atoms with van der Waals surface area (Å²) in [6.45, 7) is 6.54. The second kappa shape index (κ2) is 7.22. The van der Waals surface area contributed by atoms with Crippen molar-refractivity contribution in [1.82, 2.24) is 5.32 Å². The predicted molar refractivity (Wildman–Crippen MR) is 82.2 cm³/mol. The van der Waals surface area contributed by atoms with Crippen LogP contribution in [0.25, 0.3) is 0 Å². The number of carbonyl (C=O) groups is 2. The summed E-state index contributed by atoms with van der Waals surface area (Å²) in [7, 11) is 0. The Morgan fingerprint density at radius 2 is 1.81 bits per heavy atom. The van der Waals surface area contributed by atoms with Gasteiger partial charge in [-0.25, -0.2) is 4.79 Å². The molecule has 0 saturated heterocycles. The molecule has 0 spiro atoms. The van der Waals surface area contributed by atoms with Gasteiger partial charge in [-0.1, -0.05) is 32.9 Å². The number of hydrogen-bond donors (Lipinski definition) is 3. The molecule has 0 fully saturated rings. The smallest absolute Gasteiger partial charge is 0.335 e. The highest BCUT2D eigenvalue weighted by Gasteiger charge is 2.22. The van der Waals surface area contributed by atoms with E-state index in [4.69, 9.17) is 10.8 Å². The monoisotopic (exact) mass is 292 g/mol. The van der Waals surface area contributed by atoms with Crippen molar-refractivity contribution in [1.29, 1.82) is 0 Å². The molecule has 0 aliphatic rings. The van der Waals surface area contributed by atoms with Crippen molar-refractivity contribution in [3.05, 3.63) is 35.4 Å². The molecule has 0 aromatic heterocycles. The van der Waals surface area contributed by atoms with E-state index in [9.17, 15) is 9.59 Å². The van der Waals surface area contributed by atoms with Gasteiger partial charge in [-0.3, -0.25) is 4.79 Å². The summed E-state index contributed by atoms with van der Waals surface area (Å²) in [5, 5.41) is 11.6. The molecule has 1 unspecified atom stereocenters. The molecule has 21 heavy (non-hydrogen) atoms. The third kappa shape index (κ3) is 5.95. The normalized spacial score (nSPS) is 12.8. The Morgan fingerprint density at radius 3 is 2.29 bits per heavy atom. The average molecular weight is 292 g/mol. The number of amides is 1. The molecule has 1 rings (SSSR count). The first kappa shape index (κ1) is 17.2. The highest BCUT2D eigenvalue weighted by atomic mass is 16.4. The van der Waals surface area contributed by atoms with E-state index in [0.29, 0.717) is 19.4 Å². The van der Waals surface area contributed by atoms with Crippen molar-refractivity contribution in [3.8, 4) is 0 Å². The molecule has 4 N–H and O–H groups in total. The maximum Gasteiger partial charge on any atom is 0.335 e. The number of benzene rings is 1. The summed E-state index contributed by atoms with van der Waals surface area (Å²) in [6, 6.07) is 6.48. The van der Waals surface area contributed by atoms with Gasteiger partial charge in [0.1, 0.15) is 0 Å². The molecule has 116 valence electrons. The largest absolute Gasteiger partial charge is 0.478 e. The maximum atomic E-state index is 11.8. The Labute approximate surface area is 125 Å². The summed E-state index contributed by atoms with van der Waals surface area (Å²) in [4.78, 5) is 22.5. The fourth-order valence-corrected chi connectivity index (χ4v) is 1.74. The number of rotatable bonds is 6. The minimum atomic E-state index is -0.939. The second-order valence-electron chi connectivity index (χ2n) is 6.28. The van der Waals surface area contributed by atoms with Gasteiger partial charge in [0.2, 0.25) is 5.91 Å². The predicted octanol–water partition coefficient (Wildman–Crippen LogP) is 1.81. The summed E-state index contributed by atoms with van der Waals surface area (Å²) in [6.07, 6.45) is 0.970. The zero-order valence-electron chi connectivity index (χ0n) is 12.8. The van der Waals surface area contributed by atoms with Crippen LogP contribution in [-0.2, 0) is 11.2 Å². The molecule has 1 amide bonds. The lowest BCUT2D eigenvalue weighted by molar-refractivity contribution is -0.121. The number of nitrogens with one attached hydrogen (secondary N) is 1. The van der Waals surface area contributed by atoms with Crippen LogP contribution < -0.4 is 11.1 Å². The van der Waals surface area contributed by atoms with E-state index in [0.717, 1.165) is 5.56 Å². The molecule has 1 aromatic rings. The highest BCUT2D eigenvalue weighted by Crippen LogP contribution is 2.19. The van der Waals surface area contributed by atoms with E-state index in [-0.39, 0.29) is 22.9 Å². The Hall–Kier alpha value is -1.88. The number of aromatic carboxylic acids is 1. The molecule has 1 atom stereocenters. The molecule has 0 saturated carbocycles. The van der Waals surface area contributed by atoms with Gasteiger partial charge in [0.25, 0.3) is 0 Å². The Balaban J connectivity index is 2.36. The van der Waals surface area contributed by atoms with Gasteiger partial charge in [-0.15, -0.1) is 0 Å². The van der Waals surface area contributed by atoms with E-state index < -0.39 is 5.97 Å². The SMILES string of the molecule is CC(C)(C)C(N)CC(=O)NCCc1ccc(C(=O)O)cc1. The summed E-state index contributed by atoms with van der Waals surface area (Å²) >= 11 is 0. The van der Waals surface area contributed by atoms with Crippen molar-refractivity contribution in [2.45, 2.75) is 39.7 Å². The van der Waals surface area contributed by atoms with Crippen LogP contribution in [0.5, 0.6) is 0 Å². The standard InChI is InChI=1S/C16H24N2O3/c1-16(2,3)13(17)10-14(19)18-9-8-11-4-6-12(7-5-11)15(20)21/h4-7,13H,8-10,17H2,1-3H3,(H,18,19)(H,20,21). The number of nitrogens with two attached hydrogens (primary N) is 1. The first-order valence-electron chi connectivity index (χ1n) is 7.04. The van der Waals surface area contributed by atoms with Crippen LogP contribution in [0.2, 0.25) is 0 Å². The number of hydrogen-bond acceptors (Lipinski definition) is 3. The Morgan fingerprint density at radius 1 is 1.24 bits per heavy atom. The van der Waals surface area contributed by atoms with E-state index >= 15 is 0 Å². The zero-order valence-corrected chi connectivity index (χ0v) is 12.8. The van der Waals surface area contributed by atoms with Gasteiger partial charge in [-0.2, -0.15) is 0 Å². The summed E-state index contributed by atoms with van der Waals surface area (Å²) in [5.41, 5.74) is 7.12. The van der Waals surface area contributed by atoms with Crippen molar-refractivity contribution < 1.29 is 14.7 Å². The molecule has 5 heteroatoms. The highest BCUT2D eigenvalue weighted by molar-refractivity contribution is 5.87. The van der Waals surface area contributed by atoms with Crippen LogP contribution in [0.1, 0.15) is 43.1 Å². The third-order valence-electron chi connectivity index (χ3n) is 3.45. The Kier molecular flexibility index (Phi) is 5.90. The van der Waals surface area contributed by atoms with E-state index in [2.05, 4.69) is 5.32 Å². The minimum Gasteiger partial charge on any atom is -0.478 e. The summed E-state index contributed by atoms with van der Waals surface area (Å²) < 4.78 is 0. The second-order valence-corrected chi connectivity index (χ2v) is 6.28. The number of carboxylic acid groups (broad SMARTS) is 1. The lowest BCUT2D eigenvalue weighted by Gasteiger charge is -2.26. The van der Waals surface area contributed by atoms with Crippen LogP contribution in [0.15, 0.2) is 24.3 Å². The Bertz CT molecular complexity index is 489. The van der Waals surface area contributed by atoms with Crippen LogP contribution in [0.4, 0.5) is 0 Å². The molecule has 5 nitrogen and oxygen atoms in total. The van der Waals surface area contributed by atoms with Crippen molar-refractivity contribution in [2.75, 3.05) is 6.54 Å². The quantitative estimate of drug-likeness (QED) is 0.745. The number of carbonyl (C=O) groups excluding carboxylic acids is 1. The molecule has 0 radical (unpaired) electrons. The first-order chi connectivity index (χ1) is 9.70. The number of carboxylic acids is 1. The van der Waals surface area contributed by atoms with Gasteiger partial charge in [0.15, 0.2) is 0 Å². The van der Waals surface area contributed by atoms with Gasteiger partial charge < -0.3 is 16.2 Å². The first-order valence-corrected chi connectivity index (χ1v) is 7.04. The maximum absolute atomic E-state index is 11.8. The topological polar surface area (TPSA) is 92.4 Å². The third-order valence-corrected chi connectivity index (χ3v) is 3.45. The van der Waals surface area contributed by atoms with E-state index in [1.807, 2.05) is 20.8 Å². The van der Waals surface area contributed by atoms with Crippen molar-refractivity contribution >= 4 is 11.9 Å². The van der Waals surface area contributed by atoms with Gasteiger partial charge in [0, 0.05) is 19.0 Å². The van der Waals surface area contributed by atoms with Crippen molar-refractivity contribution in [3.63, 3.8) is 0 Å². The molecule has 0 bridgehead atoms. The molecular weight excluding hydrogens is 268 g/mol. The molecular formula is C16H24N2O3. The molecule has 0 aliphatic carbocycles. The van der Waals surface area contributed by atoms with Crippen LogP contribution in [0, 0.1) is 5.41 Å². The lowest BCUT2D eigenvalue weighted by atomic mass is 9.85. The summed E-state index contributed by atoms with van der Waals surface area (Å²) in [5.74, 6) is -0.995. The van der Waals surface area contributed by atoms with Crippen LogP contribution in [0.3, 0.4) is 0 Å². The fraction of sp³-hybridized carbons (Fsp3) is 0.500. The van der Waals surface area contributed by atoms with Crippen LogP contribution >= 0.6 is 0 Å². The fourth-order valence-electron chi connectivity index (χ4n) is 1.74.